The van der Waals surface area contributed by atoms with Gasteiger partial charge in [-0.15, -0.1) is 0 Å². The number of amides is 9. The van der Waals surface area contributed by atoms with Gasteiger partial charge in [-0.1, -0.05) is 62.7 Å². The van der Waals surface area contributed by atoms with Gasteiger partial charge in [-0.2, -0.15) is 0 Å². The molecule has 0 spiro atoms. The molecule has 0 radical (unpaired) electrons. The minimum Gasteiger partial charge on any atom is -0.508 e. The molecule has 1 heterocycles. The number of carbonyl (C=O) groups excluding carboxylic acids is 9. The van der Waals surface area contributed by atoms with Crippen molar-refractivity contribution in [3.05, 3.63) is 83.9 Å². The summed E-state index contributed by atoms with van der Waals surface area (Å²) in [5.74, 6) is -10.5. The van der Waals surface area contributed by atoms with Gasteiger partial charge in [0.25, 0.3) is 0 Å². The van der Waals surface area contributed by atoms with Crippen LogP contribution < -0.4 is 76.9 Å². The molecule has 81 heavy (non-hydrogen) atoms. The highest BCUT2D eigenvalue weighted by Gasteiger charge is 2.35. The molecule has 0 aliphatic rings. The van der Waals surface area contributed by atoms with Gasteiger partial charge in [0.15, 0.2) is 11.9 Å². The number of aromatic hydroxyl groups is 1. The number of aromatic nitrogens is 2. The first-order valence-electron chi connectivity index (χ1n) is 25.9. The maximum absolute atomic E-state index is 14.1. The van der Waals surface area contributed by atoms with Gasteiger partial charge in [0.2, 0.25) is 53.2 Å². The zero-order chi connectivity index (χ0) is 60.2. The Balaban J connectivity index is 1.74. The lowest BCUT2D eigenvalue weighted by atomic mass is 9.97. The summed E-state index contributed by atoms with van der Waals surface area (Å²) in [6, 6.07) is 3.49. The van der Waals surface area contributed by atoms with Crippen LogP contribution in [0.5, 0.6) is 5.75 Å². The summed E-state index contributed by atoms with van der Waals surface area (Å²) >= 11 is 0. The number of primary amides is 1. The van der Waals surface area contributed by atoms with Gasteiger partial charge < -0.3 is 92.1 Å². The molecule has 0 fully saturated rings. The molecule has 9 amide bonds. The van der Waals surface area contributed by atoms with E-state index in [1.165, 1.54) is 43.7 Å². The SMILES string of the molecule is CC[C@H](C)[C@H](NC(=O)[C@H](C)NC(=O)CNC(=O)[C@H](CC(N)=O)NC(=O)[C@H](Cc1ccc(O)cc1)NC(=O)[C@H](CCCN=C(N)N)NC(=O)[C@@H](N)Cc1ccccc1)C(=O)N[C@@H](Cc1cnc[nH]1)C(=O)N[C@@H](CCCN=C(N)N)C(=O)O. The third-order valence-electron chi connectivity index (χ3n) is 12.4. The van der Waals surface area contributed by atoms with Gasteiger partial charge in [-0.25, -0.2) is 9.78 Å². The largest absolute Gasteiger partial charge is 0.508 e. The van der Waals surface area contributed by atoms with Crippen LogP contribution in [0.25, 0.3) is 0 Å². The summed E-state index contributed by atoms with van der Waals surface area (Å²) in [6.45, 7) is 4.03. The average molecular weight is 1130 g/mol. The molecule has 442 valence electrons. The van der Waals surface area contributed by atoms with E-state index in [9.17, 15) is 58.2 Å². The summed E-state index contributed by atoms with van der Waals surface area (Å²) in [4.78, 5) is 148. The van der Waals surface area contributed by atoms with Crippen LogP contribution in [0.2, 0.25) is 0 Å². The second-order valence-corrected chi connectivity index (χ2v) is 19.0. The van der Waals surface area contributed by atoms with Crippen molar-refractivity contribution in [2.75, 3.05) is 19.6 Å². The van der Waals surface area contributed by atoms with Crippen LogP contribution in [0.15, 0.2) is 77.1 Å². The van der Waals surface area contributed by atoms with Crippen molar-refractivity contribution in [3.8, 4) is 5.75 Å². The molecule has 0 saturated heterocycles. The number of nitrogens with two attached hydrogens (primary N) is 6. The topological polar surface area (TPSA) is 517 Å². The molecule has 30 nitrogen and oxygen atoms in total. The van der Waals surface area contributed by atoms with Gasteiger partial charge in [-0.3, -0.25) is 53.1 Å². The van der Waals surface area contributed by atoms with Crippen LogP contribution in [0.1, 0.15) is 76.1 Å². The molecule has 0 bridgehead atoms. The van der Waals surface area contributed by atoms with Gasteiger partial charge in [0.1, 0.15) is 48.0 Å². The number of carbonyl (C=O) groups is 10. The lowest BCUT2D eigenvalue weighted by molar-refractivity contribution is -0.142. The van der Waals surface area contributed by atoms with Crippen LogP contribution in [-0.2, 0) is 67.2 Å². The predicted molar refractivity (Wildman–Crippen MR) is 295 cm³/mol. The first-order valence-corrected chi connectivity index (χ1v) is 25.9. The van der Waals surface area contributed by atoms with E-state index in [0.29, 0.717) is 17.7 Å². The number of hydrogen-bond acceptors (Lipinski definition) is 15. The van der Waals surface area contributed by atoms with Crippen LogP contribution in [0.4, 0.5) is 0 Å². The highest BCUT2D eigenvalue weighted by molar-refractivity contribution is 5.98. The molecule has 23 N–H and O–H groups in total. The smallest absolute Gasteiger partial charge is 0.326 e. The van der Waals surface area contributed by atoms with Gasteiger partial charge >= 0.3 is 5.97 Å². The Morgan fingerprint density at radius 1 is 0.605 bits per heavy atom. The number of carboxylic acid groups (broad SMARTS) is 1. The van der Waals surface area contributed by atoms with Crippen molar-refractivity contribution in [2.45, 2.75) is 127 Å². The first kappa shape index (κ1) is 65.9. The van der Waals surface area contributed by atoms with E-state index in [1.54, 1.807) is 44.2 Å². The number of guanidine groups is 2. The van der Waals surface area contributed by atoms with E-state index in [2.05, 4.69) is 62.5 Å². The fourth-order valence-electron chi connectivity index (χ4n) is 7.79. The lowest BCUT2D eigenvalue weighted by Crippen LogP contribution is -2.60. The molecule has 30 heteroatoms. The Morgan fingerprint density at radius 2 is 1.14 bits per heavy atom. The number of carboxylic acids is 1. The zero-order valence-corrected chi connectivity index (χ0v) is 45.3. The molecule has 0 aliphatic carbocycles. The monoisotopic (exact) mass is 1130 g/mol. The number of imidazole rings is 1. The van der Waals surface area contributed by atoms with E-state index < -0.39 is 126 Å². The van der Waals surface area contributed by atoms with Gasteiger partial charge in [0, 0.05) is 37.8 Å². The fourth-order valence-corrected chi connectivity index (χ4v) is 7.79. The maximum Gasteiger partial charge on any atom is 0.326 e. The molecule has 0 aliphatic heterocycles. The maximum atomic E-state index is 14.1. The predicted octanol–water partition coefficient (Wildman–Crippen LogP) is -4.89. The van der Waals surface area contributed by atoms with Gasteiger partial charge in [-0.05, 0) is 68.2 Å². The van der Waals surface area contributed by atoms with Crippen LogP contribution >= 0.6 is 0 Å². The highest BCUT2D eigenvalue weighted by atomic mass is 16.4. The molecule has 2 aromatic carbocycles. The second kappa shape index (κ2) is 33.8. The summed E-state index contributed by atoms with van der Waals surface area (Å²) in [5, 5.41) is 39.7. The molecule has 3 rings (SSSR count). The molecular weight excluding hydrogens is 1060 g/mol. The van der Waals surface area contributed by atoms with Crippen LogP contribution in [-0.4, -0.2) is 159 Å². The molecular formula is C51H76N18O12. The number of aromatic amines is 1. The molecule has 9 atom stereocenters. The first-order chi connectivity index (χ1) is 38.4. The molecule has 1 aromatic heterocycles. The normalized spacial score (nSPS) is 14.2. The van der Waals surface area contributed by atoms with Crippen LogP contribution in [0.3, 0.4) is 0 Å². The lowest BCUT2D eigenvalue weighted by Gasteiger charge is -2.28. The average Bonchev–Trinajstić information content (AvgIpc) is 3.93. The van der Waals surface area contributed by atoms with Crippen molar-refractivity contribution >= 4 is 71.1 Å². The Hall–Kier alpha value is -9.35. The number of phenols is 1. The Morgan fingerprint density at radius 3 is 1.69 bits per heavy atom. The fraction of sp³-hybridized carbons (Fsp3) is 0.471. The number of rotatable bonds is 35. The Labute approximate surface area is 467 Å². The number of aliphatic imine (C=N–C) groups is 2. The number of phenolic OH excluding ortho intramolecular Hbond substituents is 1. The Kier molecular flexibility index (Phi) is 27.5. The third kappa shape index (κ3) is 24.5. The third-order valence-corrected chi connectivity index (χ3v) is 12.4. The minimum atomic E-state index is -1.73. The second-order valence-electron chi connectivity index (χ2n) is 19.0. The number of H-pyrrole nitrogens is 1. The quantitative estimate of drug-likeness (QED) is 0.0149. The van der Waals surface area contributed by atoms with E-state index in [4.69, 9.17) is 34.4 Å². The number of hydrogen-bond donors (Lipinski definition) is 17. The van der Waals surface area contributed by atoms with Gasteiger partial charge in [0.05, 0.1) is 25.3 Å². The standard InChI is InChI=1S/C51H76N18O12/c1-4-27(2)41(48(79)68-37(22-31-24-58-26-62-31)47(78)65-35(49(80)81)13-9-19-60-51(56)57)69-42(73)28(3)63-40(72)25-61-44(75)38(23-39(53)71)67-46(77)36(21-30-14-16-32(70)17-15-30)66-45(76)34(12-8-18-59-50(54)55)64-43(74)33(52)20-29-10-6-5-7-11-29/h5-7,10-11,14-17,24,26-28,33-38,41,70H,4,8-9,12-13,18-23,25,52H2,1-3H3,(H2,53,71)(H,58,62)(H,61,75)(H,63,72)(H,64,74)(H,65,78)(H,66,76)(H,67,77)(H,68,79)(H,69,73)(H,80,81)(H4,54,55,59)(H4,56,57,60)/t27-,28-,33-,34-,35-,36-,37-,38-,41-/m0/s1. The minimum absolute atomic E-state index is 0.0276. The summed E-state index contributed by atoms with van der Waals surface area (Å²) in [5.41, 5.74) is 34.9. The number of nitrogens with one attached hydrogen (secondary N) is 9. The van der Waals surface area contributed by atoms with Crippen molar-refractivity contribution < 1.29 is 58.2 Å². The molecule has 3 aromatic rings. The summed E-state index contributed by atoms with van der Waals surface area (Å²) in [6.07, 6.45) is 2.33. The summed E-state index contributed by atoms with van der Waals surface area (Å²) in [7, 11) is 0. The van der Waals surface area contributed by atoms with Crippen molar-refractivity contribution in [2.24, 2.45) is 50.3 Å². The molecule has 0 saturated carbocycles. The van der Waals surface area contributed by atoms with Crippen LogP contribution in [0, 0.1) is 5.92 Å². The molecule has 0 unspecified atom stereocenters. The van der Waals surface area contributed by atoms with E-state index in [-0.39, 0.29) is 75.7 Å². The highest BCUT2D eigenvalue weighted by Crippen LogP contribution is 2.14. The Bertz CT molecular complexity index is 2650. The van der Waals surface area contributed by atoms with E-state index in [1.807, 2.05) is 0 Å². The van der Waals surface area contributed by atoms with Crippen molar-refractivity contribution in [1.29, 1.82) is 0 Å². The number of aliphatic carboxylic acids is 1. The zero-order valence-electron chi connectivity index (χ0n) is 45.3. The van der Waals surface area contributed by atoms with E-state index in [0.717, 1.165) is 5.56 Å². The van der Waals surface area contributed by atoms with E-state index >= 15 is 0 Å². The van der Waals surface area contributed by atoms with Crippen molar-refractivity contribution in [1.82, 2.24) is 52.5 Å². The summed E-state index contributed by atoms with van der Waals surface area (Å²) < 4.78 is 0. The van der Waals surface area contributed by atoms with Crippen molar-refractivity contribution in [3.63, 3.8) is 0 Å². The number of nitrogens with zero attached hydrogens (tertiary/aromatic N) is 3. The number of benzene rings is 2.